The first kappa shape index (κ1) is 13.2. The molecule has 14 heavy (non-hydrogen) atoms. The molecule has 1 rings (SSSR count). The average molecular weight is 223 g/mol. The second-order valence-electron chi connectivity index (χ2n) is 3.04. The number of thioether (sulfide) groups is 1. The number of hydrogen-bond donors (Lipinski definition) is 0. The van der Waals surface area contributed by atoms with Crippen LogP contribution in [-0.4, -0.2) is 10.6 Å². The Morgan fingerprint density at radius 1 is 1.29 bits per heavy atom. The minimum atomic E-state index is -0.332. The van der Waals surface area contributed by atoms with Gasteiger partial charge in [-0.25, -0.2) is 0 Å². The lowest BCUT2D eigenvalue weighted by Gasteiger charge is -2.13. The summed E-state index contributed by atoms with van der Waals surface area (Å²) < 4.78 is -0.332. The van der Waals surface area contributed by atoms with Crippen LogP contribution in [0.2, 0.25) is 0 Å². The van der Waals surface area contributed by atoms with Crippen molar-refractivity contribution in [2.45, 2.75) is 23.5 Å². The van der Waals surface area contributed by atoms with E-state index in [2.05, 4.69) is 24.2 Å². The molecule has 1 aromatic carbocycles. The highest BCUT2D eigenvalue weighted by atomic mass is 32.2. The molecule has 0 aliphatic heterocycles. The normalized spacial score (nSPS) is 9.50. The van der Waals surface area contributed by atoms with Gasteiger partial charge in [0, 0.05) is 4.90 Å². The zero-order chi connectivity index (χ0) is 11.0. The van der Waals surface area contributed by atoms with E-state index in [-0.39, 0.29) is 4.75 Å². The molecule has 0 amide bonds. The lowest BCUT2D eigenvalue weighted by molar-refractivity contribution is 0.913. The first-order chi connectivity index (χ1) is 6.64. The lowest BCUT2D eigenvalue weighted by atomic mass is 10.2. The molecule has 0 aliphatic rings. The third-order valence-electron chi connectivity index (χ3n) is 1.39. The summed E-state index contributed by atoms with van der Waals surface area (Å²) in [4.78, 5) is 1.14. The maximum absolute atomic E-state index is 8.78. The maximum atomic E-state index is 8.78. The van der Waals surface area contributed by atoms with Gasteiger partial charge in [0.15, 0.2) is 0 Å². The van der Waals surface area contributed by atoms with Crippen LogP contribution in [0.5, 0.6) is 0 Å². The summed E-state index contributed by atoms with van der Waals surface area (Å²) in [6.45, 7) is 3.84. The van der Waals surface area contributed by atoms with Crippen LogP contribution in [0.25, 0.3) is 0 Å². The highest BCUT2D eigenvalue weighted by Crippen LogP contribution is 2.31. The van der Waals surface area contributed by atoms with E-state index in [1.807, 2.05) is 44.2 Å². The smallest absolute Gasteiger partial charge is 0.101 e. The summed E-state index contributed by atoms with van der Waals surface area (Å²) in [6, 6.07) is 12.2. The molecule has 0 aliphatic carbocycles. The molecule has 3 heteroatoms. The van der Waals surface area contributed by atoms with E-state index < -0.39 is 0 Å². The first-order valence-electron chi connectivity index (χ1n) is 4.08. The molecular weight excluding hydrogens is 210 g/mol. The Labute approximate surface area is 95.1 Å². The minimum Gasteiger partial charge on any atom is -0.197 e. The highest BCUT2D eigenvalue weighted by Gasteiger charge is 2.17. The molecule has 74 valence electrons. The van der Waals surface area contributed by atoms with Gasteiger partial charge in [-0.3, -0.25) is 0 Å². The summed E-state index contributed by atoms with van der Waals surface area (Å²) in [5.41, 5.74) is 0. The summed E-state index contributed by atoms with van der Waals surface area (Å²) in [7, 11) is 0. The summed E-state index contributed by atoms with van der Waals surface area (Å²) in [5.74, 6) is 2.83. The molecule has 0 N–H and O–H groups in total. The van der Waals surface area contributed by atoms with Crippen molar-refractivity contribution >= 4 is 29.9 Å². The van der Waals surface area contributed by atoms with Crippen molar-refractivity contribution in [3.63, 3.8) is 0 Å². The van der Waals surface area contributed by atoms with Gasteiger partial charge in [-0.1, -0.05) is 30.4 Å². The highest BCUT2D eigenvalue weighted by molar-refractivity contribution is 8.00. The number of nitrogens with zero attached hydrogens (tertiary/aromatic N) is 1. The fourth-order valence-corrected chi connectivity index (χ4v) is 1.73. The Balaban J connectivity index is 0.000000791. The van der Waals surface area contributed by atoms with Crippen molar-refractivity contribution in [2.75, 3.05) is 0 Å². The molecule has 0 aromatic heterocycles. The standard InChI is InChI=1S/C10H11NS.CH2S/c1-10(2,8-11)12-9-6-4-3-5-7-9;1-2/h3-7H,1-2H3;1H2. The SMILES string of the molecule is C=S.CC(C)(C#N)Sc1ccccc1. The maximum Gasteiger partial charge on any atom is 0.101 e. The van der Waals surface area contributed by atoms with Crippen LogP contribution >= 0.6 is 24.0 Å². The molecule has 0 heterocycles. The molecule has 0 spiro atoms. The summed E-state index contributed by atoms with van der Waals surface area (Å²) in [5, 5.41) is 8.78. The van der Waals surface area contributed by atoms with Crippen LogP contribution in [0.3, 0.4) is 0 Å². The largest absolute Gasteiger partial charge is 0.197 e. The summed E-state index contributed by atoms with van der Waals surface area (Å²) in [6.07, 6.45) is 0. The van der Waals surface area contributed by atoms with E-state index in [0.717, 1.165) is 4.90 Å². The Kier molecular flexibility index (Phi) is 6.18. The van der Waals surface area contributed by atoms with Crippen LogP contribution in [0, 0.1) is 11.3 Å². The average Bonchev–Trinajstić information content (AvgIpc) is 2.22. The van der Waals surface area contributed by atoms with Gasteiger partial charge in [0.05, 0.1) is 6.07 Å². The third kappa shape index (κ3) is 5.00. The van der Waals surface area contributed by atoms with Gasteiger partial charge >= 0.3 is 0 Å². The van der Waals surface area contributed by atoms with Gasteiger partial charge in [-0.05, 0) is 31.9 Å². The molecule has 0 radical (unpaired) electrons. The lowest BCUT2D eigenvalue weighted by Crippen LogP contribution is -2.09. The fraction of sp³-hybridized carbons (Fsp3) is 0.273. The molecule has 0 unspecified atom stereocenters. The Morgan fingerprint density at radius 2 is 1.79 bits per heavy atom. The van der Waals surface area contributed by atoms with Crippen molar-refractivity contribution in [2.24, 2.45) is 0 Å². The number of nitriles is 1. The van der Waals surface area contributed by atoms with E-state index >= 15 is 0 Å². The zero-order valence-electron chi connectivity index (χ0n) is 8.36. The number of benzene rings is 1. The monoisotopic (exact) mass is 223 g/mol. The summed E-state index contributed by atoms with van der Waals surface area (Å²) >= 11 is 5.42. The molecular formula is C11H13NS2. The van der Waals surface area contributed by atoms with Crippen molar-refractivity contribution < 1.29 is 0 Å². The first-order valence-corrected chi connectivity index (χ1v) is 5.48. The van der Waals surface area contributed by atoms with Gasteiger partial charge in [-0.2, -0.15) is 5.26 Å². The van der Waals surface area contributed by atoms with E-state index in [4.69, 9.17) is 5.26 Å². The van der Waals surface area contributed by atoms with Crippen LogP contribution in [-0.2, 0) is 0 Å². The van der Waals surface area contributed by atoms with Crippen molar-refractivity contribution in [3.05, 3.63) is 30.3 Å². The van der Waals surface area contributed by atoms with Gasteiger partial charge in [0.1, 0.15) is 4.75 Å². The Bertz CT molecular complexity index is 301. The van der Waals surface area contributed by atoms with Gasteiger partial charge in [0.2, 0.25) is 0 Å². The molecule has 1 nitrogen and oxygen atoms in total. The molecule has 0 saturated heterocycles. The van der Waals surface area contributed by atoms with Crippen LogP contribution in [0.15, 0.2) is 35.2 Å². The van der Waals surface area contributed by atoms with Crippen molar-refractivity contribution in [1.82, 2.24) is 0 Å². The van der Waals surface area contributed by atoms with E-state index in [0.29, 0.717) is 0 Å². The van der Waals surface area contributed by atoms with Crippen LogP contribution in [0.4, 0.5) is 0 Å². The Morgan fingerprint density at radius 3 is 2.21 bits per heavy atom. The minimum absolute atomic E-state index is 0.332. The molecule has 0 saturated carbocycles. The van der Waals surface area contributed by atoms with E-state index in [1.54, 1.807) is 11.8 Å². The number of thiocarbonyl (C=S) groups is 1. The predicted octanol–water partition coefficient (Wildman–Crippen LogP) is 3.70. The van der Waals surface area contributed by atoms with Crippen LogP contribution < -0.4 is 0 Å². The van der Waals surface area contributed by atoms with Crippen molar-refractivity contribution in [1.29, 1.82) is 5.26 Å². The van der Waals surface area contributed by atoms with Crippen molar-refractivity contribution in [3.8, 4) is 6.07 Å². The third-order valence-corrected chi connectivity index (χ3v) is 2.49. The second kappa shape index (κ2) is 6.58. The predicted molar refractivity (Wildman–Crippen MR) is 66.7 cm³/mol. The Hall–Kier alpha value is -0.850. The fourth-order valence-electron chi connectivity index (χ4n) is 0.806. The second-order valence-corrected chi connectivity index (χ2v) is 4.73. The molecule has 1 aromatic rings. The zero-order valence-corrected chi connectivity index (χ0v) is 9.99. The van der Waals surface area contributed by atoms with Gasteiger partial charge in [0.25, 0.3) is 0 Å². The van der Waals surface area contributed by atoms with Crippen LogP contribution in [0.1, 0.15) is 13.8 Å². The number of rotatable bonds is 2. The van der Waals surface area contributed by atoms with E-state index in [9.17, 15) is 0 Å². The quantitative estimate of drug-likeness (QED) is 0.564. The van der Waals surface area contributed by atoms with Gasteiger partial charge in [-0.15, -0.1) is 11.8 Å². The van der Waals surface area contributed by atoms with E-state index in [1.165, 1.54) is 0 Å². The van der Waals surface area contributed by atoms with Gasteiger partial charge < -0.3 is 0 Å². The molecule has 0 atom stereocenters. The molecule has 0 bridgehead atoms. The topological polar surface area (TPSA) is 23.8 Å². The number of hydrogen-bond acceptors (Lipinski definition) is 3. The molecule has 0 fully saturated rings.